The average molecular weight is 627 g/mol. The molecule has 46 heavy (non-hydrogen) atoms. The zero-order valence-corrected chi connectivity index (χ0v) is 29.3. The summed E-state index contributed by atoms with van der Waals surface area (Å²) in [6.07, 6.45) is 6.83. The number of imidazole rings is 1. The van der Waals surface area contributed by atoms with Gasteiger partial charge in [-0.3, -0.25) is 9.13 Å². The van der Waals surface area contributed by atoms with Gasteiger partial charge in [0.25, 0.3) is 0 Å². The molecular weight excluding hydrogens is 575 g/mol. The van der Waals surface area contributed by atoms with Gasteiger partial charge in [-0.1, -0.05) is 96.9 Å². The molecule has 0 atom stereocenters. The van der Waals surface area contributed by atoms with E-state index in [4.69, 9.17) is 9.47 Å². The van der Waals surface area contributed by atoms with Gasteiger partial charge in [0.1, 0.15) is 0 Å². The minimum atomic E-state index is 0. The summed E-state index contributed by atoms with van der Waals surface area (Å²) in [6.45, 7) is 20.9. The van der Waals surface area contributed by atoms with Crippen LogP contribution in [0.4, 0.5) is 5.82 Å². The maximum absolute atomic E-state index is 11.6. The predicted octanol–water partition coefficient (Wildman–Crippen LogP) is 6.52. The van der Waals surface area contributed by atoms with E-state index in [1.165, 1.54) is 25.7 Å². The Hall–Kier alpha value is -3.03. The first-order valence-corrected chi connectivity index (χ1v) is 16.3. The molecule has 2 aliphatic heterocycles. The third-order valence-corrected chi connectivity index (χ3v) is 7.97. The molecule has 0 spiro atoms. The number of aromatic nitrogens is 2. The van der Waals surface area contributed by atoms with E-state index >= 15 is 0 Å². The van der Waals surface area contributed by atoms with E-state index in [2.05, 4.69) is 88.3 Å². The van der Waals surface area contributed by atoms with E-state index in [9.17, 15) is 10.1 Å². The largest absolute Gasteiger partial charge is 1.00 e. The molecule has 11 heteroatoms. The second kappa shape index (κ2) is 19.6. The second-order valence-electron chi connectivity index (χ2n) is 12.7. The van der Waals surface area contributed by atoms with Gasteiger partial charge in [-0.15, -0.1) is 10.0 Å². The van der Waals surface area contributed by atoms with Crippen molar-refractivity contribution in [3.05, 3.63) is 80.6 Å². The molecule has 10 nitrogen and oxygen atoms in total. The molecule has 246 valence electrons. The van der Waals surface area contributed by atoms with Crippen molar-refractivity contribution in [1.82, 2.24) is 9.13 Å². The molecule has 2 fully saturated rings. The normalized spacial score (nSPS) is 14.9. The van der Waals surface area contributed by atoms with Gasteiger partial charge >= 0.3 is 18.9 Å². The minimum absolute atomic E-state index is 0. The van der Waals surface area contributed by atoms with Crippen molar-refractivity contribution < 1.29 is 28.3 Å². The van der Waals surface area contributed by atoms with Crippen LogP contribution < -0.4 is 24.5 Å². The zero-order chi connectivity index (χ0) is 32.9. The SMILES string of the molecule is C1CCOC1.C1CCOC1.CC(C)c1cccc(C(C)C)c1-n1cc(/N=N\[O-])n(-c2c(C(C)C)cccc2C(C)C)/c1=N/N=O.[Li+]. The van der Waals surface area contributed by atoms with Crippen LogP contribution >= 0.6 is 0 Å². The van der Waals surface area contributed by atoms with Crippen LogP contribution in [0.2, 0.25) is 0 Å². The van der Waals surface area contributed by atoms with Gasteiger partial charge < -0.3 is 14.7 Å². The smallest absolute Gasteiger partial charge is 0.775 e. The van der Waals surface area contributed by atoms with Crippen LogP contribution in [-0.2, 0) is 9.47 Å². The molecule has 0 N–H and O–H groups in total. The molecule has 2 saturated heterocycles. The number of rotatable bonds is 8. The van der Waals surface area contributed by atoms with Crippen LogP contribution in [0.3, 0.4) is 0 Å². The van der Waals surface area contributed by atoms with E-state index < -0.39 is 0 Å². The zero-order valence-electron chi connectivity index (χ0n) is 29.3. The molecule has 1 aromatic heterocycles. The van der Waals surface area contributed by atoms with Gasteiger partial charge in [0.15, 0.2) is 5.82 Å². The van der Waals surface area contributed by atoms with E-state index in [1.807, 2.05) is 28.8 Å². The maximum atomic E-state index is 11.6. The van der Waals surface area contributed by atoms with Crippen molar-refractivity contribution in [2.75, 3.05) is 26.4 Å². The van der Waals surface area contributed by atoms with Crippen LogP contribution in [0.15, 0.2) is 63.4 Å². The molecule has 0 unspecified atom stereocenters. The molecule has 0 aliphatic carbocycles. The number of ether oxygens (including phenoxy) is 2. The predicted molar refractivity (Wildman–Crippen MR) is 181 cm³/mol. The van der Waals surface area contributed by atoms with E-state index in [1.54, 1.807) is 10.8 Å². The van der Waals surface area contributed by atoms with Gasteiger partial charge in [-0.25, -0.2) is 5.28 Å². The van der Waals surface area contributed by atoms with Crippen molar-refractivity contribution in [1.29, 1.82) is 0 Å². The average Bonchev–Trinajstić information content (AvgIpc) is 3.82. The third-order valence-electron chi connectivity index (χ3n) is 7.97. The van der Waals surface area contributed by atoms with Crippen LogP contribution in [0.25, 0.3) is 11.4 Å². The van der Waals surface area contributed by atoms with Crippen molar-refractivity contribution in [2.24, 2.45) is 20.8 Å². The minimum Gasteiger partial charge on any atom is -0.775 e. The van der Waals surface area contributed by atoms with Crippen LogP contribution in [0.5, 0.6) is 0 Å². The molecule has 0 radical (unpaired) electrons. The summed E-state index contributed by atoms with van der Waals surface area (Å²) in [7, 11) is 0. The van der Waals surface area contributed by atoms with E-state index in [-0.39, 0.29) is 54.0 Å². The number of hydrogen-bond donors (Lipinski definition) is 0. The van der Waals surface area contributed by atoms with Gasteiger partial charge in [-0.2, -0.15) is 0 Å². The Labute approximate surface area is 286 Å². The fraction of sp³-hybridized carbons (Fsp3) is 0.571. The summed E-state index contributed by atoms with van der Waals surface area (Å²) in [5.74, 6) is 1.03. The summed E-state index contributed by atoms with van der Waals surface area (Å²) >= 11 is 0. The molecule has 0 bridgehead atoms. The second-order valence-corrected chi connectivity index (χ2v) is 12.7. The molecule has 3 heterocycles. The van der Waals surface area contributed by atoms with Gasteiger partial charge in [-0.05, 0) is 71.6 Å². The topological polar surface area (TPSA) is 118 Å². The van der Waals surface area contributed by atoms with E-state index in [0.29, 0.717) is 0 Å². The van der Waals surface area contributed by atoms with Crippen molar-refractivity contribution >= 4 is 5.82 Å². The fourth-order valence-corrected chi connectivity index (χ4v) is 5.64. The van der Waals surface area contributed by atoms with Crippen molar-refractivity contribution in [3.63, 3.8) is 0 Å². The summed E-state index contributed by atoms with van der Waals surface area (Å²) in [5, 5.41) is 25.2. The maximum Gasteiger partial charge on any atom is 1.00 e. The van der Waals surface area contributed by atoms with Crippen LogP contribution in [0, 0.1) is 10.1 Å². The monoisotopic (exact) mass is 626 g/mol. The van der Waals surface area contributed by atoms with Gasteiger partial charge in [0.2, 0.25) is 5.62 Å². The fourth-order valence-electron chi connectivity index (χ4n) is 5.64. The Bertz CT molecular complexity index is 1390. The first kappa shape index (κ1) is 39.1. The molecule has 5 rings (SSSR count). The molecule has 2 aliphatic rings. The quantitative estimate of drug-likeness (QED) is 0.122. The van der Waals surface area contributed by atoms with Gasteiger partial charge in [0, 0.05) is 26.4 Å². The number of benzene rings is 2. The molecular formula is C35H51LiN6O4. The Kier molecular flexibility index (Phi) is 16.7. The standard InChI is InChI=1S/C27H36N6O2.2C4H8O.Li/c1-16(2)20-11-9-12-21(17(3)4)25(20)32-15-24(28-30-34)33(27(32)29-31-35)26-22(18(5)6)13-10-14-23(26)19(7)8;2*1-2-4-5-3-1;/h9-19H,1-8H3,(H,28,34);2*1-4H2;/q;;;+1/p-1/b29-27+;;;. The first-order valence-electron chi connectivity index (χ1n) is 16.3. The summed E-state index contributed by atoms with van der Waals surface area (Å²) < 4.78 is 13.5. The first-order chi connectivity index (χ1) is 21.6. The molecule has 0 saturated carbocycles. The van der Waals surface area contributed by atoms with Gasteiger partial charge in [0.05, 0.1) is 22.9 Å². The number of hydrogen-bond acceptors (Lipinski definition) is 7. The van der Waals surface area contributed by atoms with Crippen LogP contribution in [0.1, 0.15) is 127 Å². The Morgan fingerprint density at radius 3 is 1.37 bits per heavy atom. The van der Waals surface area contributed by atoms with Crippen molar-refractivity contribution in [3.8, 4) is 11.4 Å². The summed E-state index contributed by atoms with van der Waals surface area (Å²) in [4.78, 5) is 11.6. The molecule has 3 aromatic rings. The van der Waals surface area contributed by atoms with Crippen LogP contribution in [-0.4, -0.2) is 35.6 Å². The molecule has 0 amide bonds. The Balaban J connectivity index is 0.000000565. The van der Waals surface area contributed by atoms with E-state index in [0.717, 1.165) is 60.1 Å². The molecule has 2 aromatic carbocycles. The third kappa shape index (κ3) is 9.98. The number of nitroso groups, excluding NO2 is 1. The number of nitrogens with zero attached hydrogens (tertiary/aromatic N) is 6. The summed E-state index contributed by atoms with van der Waals surface area (Å²) in [5.41, 5.74) is 6.30. The Morgan fingerprint density at radius 1 is 0.674 bits per heavy atom. The number of para-hydroxylation sites is 2. The summed E-state index contributed by atoms with van der Waals surface area (Å²) in [6, 6.07) is 12.3. The Morgan fingerprint density at radius 2 is 1.07 bits per heavy atom. The van der Waals surface area contributed by atoms with Crippen molar-refractivity contribution in [2.45, 2.75) is 105 Å².